The van der Waals surface area contributed by atoms with Crippen LogP contribution in [0.3, 0.4) is 0 Å². The third-order valence-electron chi connectivity index (χ3n) is 4.00. The largest absolute Gasteiger partial charge is 0.476 e. The molecule has 21 heavy (non-hydrogen) atoms. The Hall–Kier alpha value is -2.14. The summed E-state index contributed by atoms with van der Waals surface area (Å²) in [6, 6.07) is 9.81. The molecular formula is C16H18N2O3. The highest BCUT2D eigenvalue weighted by Crippen LogP contribution is 2.34. The molecule has 0 unspecified atom stereocenters. The normalized spacial score (nSPS) is 16.0. The molecule has 0 atom stereocenters. The molecule has 5 nitrogen and oxygen atoms in total. The average Bonchev–Trinajstić information content (AvgIpc) is 2.90. The summed E-state index contributed by atoms with van der Waals surface area (Å²) in [6.45, 7) is 1.57. The Bertz CT molecular complexity index is 657. The predicted molar refractivity (Wildman–Crippen MR) is 78.4 cm³/mol. The number of aromatic carboxylic acids is 1. The zero-order chi connectivity index (χ0) is 14.8. The van der Waals surface area contributed by atoms with Crippen molar-refractivity contribution in [2.75, 3.05) is 13.2 Å². The van der Waals surface area contributed by atoms with E-state index in [0.29, 0.717) is 5.92 Å². The maximum Gasteiger partial charge on any atom is 0.356 e. The van der Waals surface area contributed by atoms with E-state index >= 15 is 0 Å². The van der Waals surface area contributed by atoms with Crippen molar-refractivity contribution in [2.45, 2.75) is 18.8 Å². The van der Waals surface area contributed by atoms with Gasteiger partial charge in [0.05, 0.1) is 5.69 Å². The lowest BCUT2D eigenvalue weighted by atomic mass is 9.87. The van der Waals surface area contributed by atoms with Crippen LogP contribution in [0.1, 0.15) is 34.8 Å². The molecule has 1 aromatic heterocycles. The molecule has 0 bridgehead atoms. The van der Waals surface area contributed by atoms with E-state index in [4.69, 9.17) is 9.84 Å². The van der Waals surface area contributed by atoms with Gasteiger partial charge in [-0.25, -0.2) is 4.79 Å². The van der Waals surface area contributed by atoms with E-state index in [1.165, 1.54) is 5.56 Å². The molecule has 2 heterocycles. The maximum absolute atomic E-state index is 11.1. The lowest BCUT2D eigenvalue weighted by molar-refractivity contribution is 0.0689. The number of hydrogen-bond donors (Lipinski definition) is 1. The molecule has 3 rings (SSSR count). The Labute approximate surface area is 123 Å². The molecule has 0 amide bonds. The van der Waals surface area contributed by atoms with Crippen LogP contribution in [-0.2, 0) is 11.8 Å². The topological polar surface area (TPSA) is 64.4 Å². The molecule has 0 saturated carbocycles. The first kappa shape index (κ1) is 13.8. The third-order valence-corrected chi connectivity index (χ3v) is 4.00. The van der Waals surface area contributed by atoms with Crippen LogP contribution in [0.2, 0.25) is 0 Å². The highest BCUT2D eigenvalue weighted by Gasteiger charge is 2.21. The van der Waals surface area contributed by atoms with Crippen molar-refractivity contribution >= 4 is 5.97 Å². The first-order valence-corrected chi connectivity index (χ1v) is 7.11. The summed E-state index contributed by atoms with van der Waals surface area (Å²) < 4.78 is 7.07. The van der Waals surface area contributed by atoms with Crippen LogP contribution in [0.5, 0.6) is 0 Å². The first-order valence-electron chi connectivity index (χ1n) is 7.11. The van der Waals surface area contributed by atoms with Gasteiger partial charge in [-0.15, -0.1) is 0 Å². The summed E-state index contributed by atoms with van der Waals surface area (Å²) in [6.07, 6.45) is 2.00. The Morgan fingerprint density at radius 3 is 2.71 bits per heavy atom. The minimum atomic E-state index is -1.000. The van der Waals surface area contributed by atoms with Gasteiger partial charge in [0, 0.05) is 25.8 Å². The van der Waals surface area contributed by atoms with E-state index in [1.54, 1.807) is 17.8 Å². The molecule has 1 saturated heterocycles. The summed E-state index contributed by atoms with van der Waals surface area (Å²) in [5.74, 6) is -0.543. The summed E-state index contributed by atoms with van der Waals surface area (Å²) in [5.41, 5.74) is 3.23. The molecule has 0 spiro atoms. The van der Waals surface area contributed by atoms with Crippen molar-refractivity contribution in [3.8, 4) is 11.3 Å². The maximum atomic E-state index is 11.1. The van der Waals surface area contributed by atoms with Gasteiger partial charge in [0.15, 0.2) is 5.69 Å². The van der Waals surface area contributed by atoms with E-state index < -0.39 is 5.97 Å². The average molecular weight is 286 g/mol. The Morgan fingerprint density at radius 1 is 1.33 bits per heavy atom. The van der Waals surface area contributed by atoms with Crippen LogP contribution in [0.25, 0.3) is 11.3 Å². The zero-order valence-electron chi connectivity index (χ0n) is 12.0. The van der Waals surface area contributed by atoms with Gasteiger partial charge < -0.3 is 9.84 Å². The van der Waals surface area contributed by atoms with Gasteiger partial charge in [-0.3, -0.25) is 4.68 Å². The lowest BCUT2D eigenvalue weighted by Crippen LogP contribution is -2.15. The van der Waals surface area contributed by atoms with E-state index in [1.807, 2.05) is 18.2 Å². The molecule has 0 radical (unpaired) electrons. The standard InChI is InChI=1S/C16H18N2O3/c1-18-15(10-14(17-18)16(19)20)13-5-3-2-4-12(13)11-6-8-21-9-7-11/h2-5,10-11H,6-9H2,1H3,(H,19,20). The number of aromatic nitrogens is 2. The second-order valence-corrected chi connectivity index (χ2v) is 5.32. The third kappa shape index (κ3) is 2.69. The van der Waals surface area contributed by atoms with Crippen molar-refractivity contribution in [3.63, 3.8) is 0 Å². The van der Waals surface area contributed by atoms with Crippen molar-refractivity contribution in [1.29, 1.82) is 0 Å². The van der Waals surface area contributed by atoms with Gasteiger partial charge in [0.2, 0.25) is 0 Å². The predicted octanol–water partition coefficient (Wildman–Crippen LogP) is 2.68. The minimum Gasteiger partial charge on any atom is -0.476 e. The summed E-state index contributed by atoms with van der Waals surface area (Å²) >= 11 is 0. The molecular weight excluding hydrogens is 268 g/mol. The molecule has 1 fully saturated rings. The fourth-order valence-electron chi connectivity index (χ4n) is 2.92. The molecule has 1 aliphatic rings. The number of carbonyl (C=O) groups is 1. The van der Waals surface area contributed by atoms with Crippen LogP contribution in [0.15, 0.2) is 30.3 Å². The fourth-order valence-corrected chi connectivity index (χ4v) is 2.92. The number of benzene rings is 1. The molecule has 1 aromatic carbocycles. The van der Waals surface area contributed by atoms with Gasteiger partial charge in [0.25, 0.3) is 0 Å². The molecule has 5 heteroatoms. The van der Waals surface area contributed by atoms with Gasteiger partial charge in [-0.05, 0) is 30.4 Å². The smallest absolute Gasteiger partial charge is 0.356 e. The van der Waals surface area contributed by atoms with Crippen LogP contribution in [0, 0.1) is 0 Å². The number of aryl methyl sites for hydroxylation is 1. The van der Waals surface area contributed by atoms with E-state index in [0.717, 1.165) is 37.3 Å². The van der Waals surface area contributed by atoms with E-state index in [2.05, 4.69) is 11.2 Å². The number of ether oxygens (including phenoxy) is 1. The van der Waals surface area contributed by atoms with E-state index in [-0.39, 0.29) is 5.69 Å². The van der Waals surface area contributed by atoms with Gasteiger partial charge in [-0.1, -0.05) is 24.3 Å². The first-order chi connectivity index (χ1) is 10.2. The second kappa shape index (κ2) is 5.69. The number of hydrogen-bond acceptors (Lipinski definition) is 3. The monoisotopic (exact) mass is 286 g/mol. The molecule has 1 aliphatic heterocycles. The quantitative estimate of drug-likeness (QED) is 0.942. The summed E-state index contributed by atoms with van der Waals surface area (Å²) in [5, 5.41) is 13.2. The van der Waals surface area contributed by atoms with Crippen LogP contribution >= 0.6 is 0 Å². The lowest BCUT2D eigenvalue weighted by Gasteiger charge is -2.24. The highest BCUT2D eigenvalue weighted by atomic mass is 16.5. The highest BCUT2D eigenvalue weighted by molar-refractivity contribution is 5.87. The van der Waals surface area contributed by atoms with Crippen molar-refractivity contribution in [3.05, 3.63) is 41.6 Å². The van der Waals surface area contributed by atoms with Crippen molar-refractivity contribution in [2.24, 2.45) is 7.05 Å². The fraction of sp³-hybridized carbons (Fsp3) is 0.375. The second-order valence-electron chi connectivity index (χ2n) is 5.32. The van der Waals surface area contributed by atoms with Crippen LogP contribution in [0.4, 0.5) is 0 Å². The van der Waals surface area contributed by atoms with Gasteiger partial charge in [-0.2, -0.15) is 5.10 Å². The van der Waals surface area contributed by atoms with Crippen molar-refractivity contribution in [1.82, 2.24) is 9.78 Å². The molecule has 2 aromatic rings. The number of carboxylic acid groups (broad SMARTS) is 1. The number of carboxylic acids is 1. The van der Waals surface area contributed by atoms with Gasteiger partial charge >= 0.3 is 5.97 Å². The Kier molecular flexibility index (Phi) is 3.75. The molecule has 110 valence electrons. The van der Waals surface area contributed by atoms with Crippen LogP contribution in [-0.4, -0.2) is 34.1 Å². The zero-order valence-corrected chi connectivity index (χ0v) is 12.0. The summed E-state index contributed by atoms with van der Waals surface area (Å²) in [4.78, 5) is 11.1. The minimum absolute atomic E-state index is 0.0780. The molecule has 0 aliphatic carbocycles. The van der Waals surface area contributed by atoms with Crippen molar-refractivity contribution < 1.29 is 14.6 Å². The summed E-state index contributed by atoms with van der Waals surface area (Å²) in [7, 11) is 1.78. The van der Waals surface area contributed by atoms with Gasteiger partial charge in [0.1, 0.15) is 0 Å². The van der Waals surface area contributed by atoms with Crippen LogP contribution < -0.4 is 0 Å². The molecule has 1 N–H and O–H groups in total. The Balaban J connectivity index is 2.04. The SMILES string of the molecule is Cn1nc(C(=O)O)cc1-c1ccccc1C1CCOCC1. The number of rotatable bonds is 3. The Morgan fingerprint density at radius 2 is 2.05 bits per heavy atom. The number of nitrogens with zero attached hydrogens (tertiary/aromatic N) is 2. The van der Waals surface area contributed by atoms with E-state index in [9.17, 15) is 4.79 Å².